The first kappa shape index (κ1) is 24.3. The number of carbonyl (C=O) groups is 1. The number of carbonyl (C=O) groups excluding carboxylic acids is 1. The smallest absolute Gasteiger partial charge is 0.338 e. The highest BCUT2D eigenvalue weighted by Crippen LogP contribution is 2.34. The predicted molar refractivity (Wildman–Crippen MR) is 125 cm³/mol. The minimum atomic E-state index is -4.77. The van der Waals surface area contributed by atoms with E-state index in [2.05, 4.69) is 9.97 Å². The Labute approximate surface area is 198 Å². The van der Waals surface area contributed by atoms with E-state index in [-0.39, 0.29) is 29.2 Å². The minimum absolute atomic E-state index is 0.0594. The molecule has 0 N–H and O–H groups in total. The SMILES string of the molecule is CN(C)CCn1c(C(F)(F)F)nc2sc(N3CCC[C@@H]3C(=O)CCc3ccccc3)nc2c1=O. The van der Waals surface area contributed by atoms with Gasteiger partial charge in [0.05, 0.1) is 6.04 Å². The van der Waals surface area contributed by atoms with Crippen LogP contribution in [0.25, 0.3) is 10.3 Å². The number of nitrogens with zero attached hydrogens (tertiary/aromatic N) is 5. The van der Waals surface area contributed by atoms with Gasteiger partial charge in [0.2, 0.25) is 5.82 Å². The third-order valence-corrected chi connectivity index (χ3v) is 6.89. The molecule has 0 unspecified atom stereocenters. The summed E-state index contributed by atoms with van der Waals surface area (Å²) in [5.41, 5.74) is 0.171. The number of alkyl halides is 3. The molecule has 1 aliphatic heterocycles. The number of thiazole rings is 1. The highest BCUT2D eigenvalue weighted by Gasteiger charge is 2.38. The van der Waals surface area contributed by atoms with Gasteiger partial charge in [0, 0.05) is 26.1 Å². The van der Waals surface area contributed by atoms with E-state index in [0.29, 0.717) is 35.5 Å². The van der Waals surface area contributed by atoms with Gasteiger partial charge in [-0.05, 0) is 38.9 Å². The van der Waals surface area contributed by atoms with Gasteiger partial charge in [0.15, 0.2) is 21.3 Å². The molecule has 0 saturated carbocycles. The van der Waals surface area contributed by atoms with Crippen molar-refractivity contribution in [3.05, 3.63) is 52.1 Å². The van der Waals surface area contributed by atoms with Crippen LogP contribution in [0.5, 0.6) is 0 Å². The first-order valence-electron chi connectivity index (χ1n) is 11.1. The average molecular weight is 494 g/mol. The van der Waals surface area contributed by atoms with E-state index >= 15 is 0 Å². The predicted octanol–water partition coefficient (Wildman–Crippen LogP) is 3.60. The van der Waals surface area contributed by atoms with Crippen LogP contribution in [-0.2, 0) is 23.9 Å². The van der Waals surface area contributed by atoms with Gasteiger partial charge in [0.25, 0.3) is 5.56 Å². The van der Waals surface area contributed by atoms with Crippen molar-refractivity contribution in [2.24, 2.45) is 0 Å². The zero-order valence-corrected chi connectivity index (χ0v) is 19.8. The topological polar surface area (TPSA) is 71.3 Å². The second-order valence-corrected chi connectivity index (χ2v) is 9.60. The molecular weight excluding hydrogens is 467 g/mol. The monoisotopic (exact) mass is 493 g/mol. The molecule has 3 aromatic rings. The fourth-order valence-corrected chi connectivity index (χ4v) is 5.16. The lowest BCUT2D eigenvalue weighted by Gasteiger charge is -2.22. The Bertz CT molecular complexity index is 1220. The van der Waals surface area contributed by atoms with Gasteiger partial charge in [-0.1, -0.05) is 41.7 Å². The number of halogens is 3. The molecule has 1 fully saturated rings. The molecule has 3 heterocycles. The van der Waals surface area contributed by atoms with Gasteiger partial charge in [-0.3, -0.25) is 14.2 Å². The van der Waals surface area contributed by atoms with Gasteiger partial charge in [-0.2, -0.15) is 13.2 Å². The van der Waals surface area contributed by atoms with Crippen molar-refractivity contribution in [2.45, 2.75) is 44.4 Å². The van der Waals surface area contributed by atoms with Gasteiger partial charge >= 0.3 is 6.18 Å². The average Bonchev–Trinajstić information content (AvgIpc) is 3.44. The minimum Gasteiger partial charge on any atom is -0.338 e. The van der Waals surface area contributed by atoms with Crippen molar-refractivity contribution >= 4 is 32.6 Å². The maximum absolute atomic E-state index is 13.7. The molecule has 1 aromatic carbocycles. The molecule has 11 heteroatoms. The number of likely N-dealkylation sites (N-methyl/N-ethyl adjacent to an activating group) is 1. The van der Waals surface area contributed by atoms with Crippen LogP contribution in [0, 0.1) is 0 Å². The summed E-state index contributed by atoms with van der Waals surface area (Å²) in [4.78, 5) is 37.6. The number of benzene rings is 1. The number of hydrogen-bond acceptors (Lipinski definition) is 7. The number of ketones is 1. The zero-order chi connectivity index (χ0) is 24.5. The molecule has 34 heavy (non-hydrogen) atoms. The summed E-state index contributed by atoms with van der Waals surface area (Å²) in [7, 11) is 3.43. The third kappa shape index (κ3) is 5.15. The van der Waals surface area contributed by atoms with Crippen LogP contribution in [0.3, 0.4) is 0 Å². The molecule has 0 spiro atoms. The van der Waals surface area contributed by atoms with E-state index in [0.717, 1.165) is 23.3 Å². The molecule has 0 bridgehead atoms. The quantitative estimate of drug-likeness (QED) is 0.478. The Hall–Kier alpha value is -2.79. The maximum atomic E-state index is 13.7. The van der Waals surface area contributed by atoms with Crippen LogP contribution < -0.4 is 10.5 Å². The fourth-order valence-electron chi connectivity index (χ4n) is 4.15. The summed E-state index contributed by atoms with van der Waals surface area (Å²) >= 11 is 0.935. The maximum Gasteiger partial charge on any atom is 0.449 e. The van der Waals surface area contributed by atoms with Crippen LogP contribution in [0.15, 0.2) is 35.1 Å². The summed E-state index contributed by atoms with van der Waals surface area (Å²) in [5.74, 6) is -1.16. The van der Waals surface area contributed by atoms with E-state index in [4.69, 9.17) is 0 Å². The van der Waals surface area contributed by atoms with Crippen LogP contribution in [0.1, 0.15) is 30.7 Å². The second kappa shape index (κ2) is 9.83. The summed E-state index contributed by atoms with van der Waals surface area (Å²) in [5, 5.41) is 0.369. The lowest BCUT2D eigenvalue weighted by atomic mass is 10.0. The summed E-state index contributed by atoms with van der Waals surface area (Å²) in [6, 6.07) is 9.32. The number of anilines is 1. The summed E-state index contributed by atoms with van der Waals surface area (Å²) < 4.78 is 41.7. The van der Waals surface area contributed by atoms with Crippen LogP contribution in [0.4, 0.5) is 18.3 Å². The van der Waals surface area contributed by atoms with Crippen LogP contribution >= 0.6 is 11.3 Å². The third-order valence-electron chi connectivity index (χ3n) is 5.91. The Morgan fingerprint density at radius 3 is 2.62 bits per heavy atom. The number of Topliss-reactive ketones (excluding diaryl/α,β-unsaturated/α-hetero) is 1. The molecular formula is C23H26F3N5O2S. The second-order valence-electron chi connectivity index (χ2n) is 8.65. The molecule has 1 aliphatic rings. The van der Waals surface area contributed by atoms with Crippen molar-refractivity contribution in [3.8, 4) is 0 Å². The number of fused-ring (bicyclic) bond motifs is 1. The van der Waals surface area contributed by atoms with E-state index in [1.165, 1.54) is 0 Å². The number of rotatable bonds is 8. The van der Waals surface area contributed by atoms with E-state index < -0.39 is 23.6 Å². The Morgan fingerprint density at radius 1 is 1.21 bits per heavy atom. The normalized spacial score (nSPS) is 16.6. The van der Waals surface area contributed by atoms with Crippen LogP contribution in [-0.4, -0.2) is 58.4 Å². The van der Waals surface area contributed by atoms with Crippen LogP contribution in [0.2, 0.25) is 0 Å². The summed E-state index contributed by atoms with van der Waals surface area (Å²) in [6.07, 6.45) is -2.36. The van der Waals surface area contributed by atoms with E-state index in [1.807, 2.05) is 35.2 Å². The highest BCUT2D eigenvalue weighted by molar-refractivity contribution is 7.21. The number of aryl methyl sites for hydroxylation is 1. The number of aromatic nitrogens is 3. The summed E-state index contributed by atoms with van der Waals surface area (Å²) in [6.45, 7) is 0.653. The molecule has 0 radical (unpaired) electrons. The number of hydrogen-bond donors (Lipinski definition) is 0. The lowest BCUT2D eigenvalue weighted by Crippen LogP contribution is -2.36. The van der Waals surface area contributed by atoms with Gasteiger partial charge in [-0.25, -0.2) is 9.97 Å². The molecule has 4 rings (SSSR count). The molecule has 0 aliphatic carbocycles. The van der Waals surface area contributed by atoms with Crippen molar-refractivity contribution in [1.82, 2.24) is 19.4 Å². The Morgan fingerprint density at radius 2 is 1.94 bits per heavy atom. The molecule has 2 aromatic heterocycles. The highest BCUT2D eigenvalue weighted by atomic mass is 32.1. The fraction of sp³-hybridized carbons (Fsp3) is 0.478. The molecule has 7 nitrogen and oxygen atoms in total. The van der Waals surface area contributed by atoms with Crippen molar-refractivity contribution < 1.29 is 18.0 Å². The molecule has 182 valence electrons. The van der Waals surface area contributed by atoms with Crippen molar-refractivity contribution in [3.63, 3.8) is 0 Å². The van der Waals surface area contributed by atoms with Gasteiger partial charge < -0.3 is 9.80 Å². The van der Waals surface area contributed by atoms with Crippen molar-refractivity contribution in [1.29, 1.82) is 0 Å². The Balaban J connectivity index is 1.62. The van der Waals surface area contributed by atoms with E-state index in [9.17, 15) is 22.8 Å². The van der Waals surface area contributed by atoms with E-state index in [1.54, 1.807) is 19.0 Å². The molecule has 1 saturated heterocycles. The van der Waals surface area contributed by atoms with Gasteiger partial charge in [-0.15, -0.1) is 0 Å². The standard InChI is InChI=1S/C23H26F3N5O2S/c1-29(2)13-14-31-20(33)18-19(28-21(31)23(24,25)26)34-22(27-18)30-12-6-9-16(30)17(32)11-10-15-7-4-3-5-8-15/h3-5,7-8,16H,6,9-14H2,1-2H3/t16-/m1/s1. The lowest BCUT2D eigenvalue weighted by molar-refractivity contribution is -0.148. The largest absolute Gasteiger partial charge is 0.449 e. The van der Waals surface area contributed by atoms with Gasteiger partial charge in [0.1, 0.15) is 0 Å². The zero-order valence-electron chi connectivity index (χ0n) is 19.0. The first-order chi connectivity index (χ1) is 16.1. The molecule has 0 amide bonds. The Kier molecular flexibility index (Phi) is 7.04. The first-order valence-corrected chi connectivity index (χ1v) is 11.9. The van der Waals surface area contributed by atoms with Crippen molar-refractivity contribution in [2.75, 3.05) is 32.1 Å². The molecule has 1 atom stereocenters.